The van der Waals surface area contributed by atoms with Crippen molar-refractivity contribution in [3.8, 4) is 0 Å². The van der Waals surface area contributed by atoms with Gasteiger partial charge >= 0.3 is 5.97 Å². The molecule has 0 amide bonds. The topological polar surface area (TPSA) is 72.5 Å². The van der Waals surface area contributed by atoms with Gasteiger partial charge in [0.15, 0.2) is 0 Å². The maximum absolute atomic E-state index is 10.4. The van der Waals surface area contributed by atoms with Gasteiger partial charge in [0, 0.05) is 12.5 Å². The average Bonchev–Trinajstić information content (AvgIpc) is 2.34. The largest absolute Gasteiger partial charge is 0.481 e. The Kier molecular flexibility index (Phi) is 5.66. The third-order valence-corrected chi connectivity index (χ3v) is 2.65. The van der Waals surface area contributed by atoms with E-state index in [9.17, 15) is 4.79 Å². The summed E-state index contributed by atoms with van der Waals surface area (Å²) in [5.74, 6) is -0.823. The number of ether oxygens (including phenoxy) is 1. The molecule has 0 radical (unpaired) electrons. The van der Waals surface area contributed by atoms with Crippen LogP contribution in [0.2, 0.25) is 0 Å². The smallest absolute Gasteiger partial charge is 0.303 e. The van der Waals surface area contributed by atoms with E-state index >= 15 is 0 Å². The van der Waals surface area contributed by atoms with Crippen molar-refractivity contribution in [1.82, 2.24) is 0 Å². The van der Waals surface area contributed by atoms with Crippen molar-refractivity contribution in [3.63, 3.8) is 0 Å². The molecule has 17 heavy (non-hydrogen) atoms. The number of benzene rings is 1. The summed E-state index contributed by atoms with van der Waals surface area (Å²) in [6.45, 7) is 2.37. The lowest BCUT2D eigenvalue weighted by atomic mass is 10.1. The van der Waals surface area contributed by atoms with Crippen LogP contribution in [0.4, 0.5) is 0 Å². The zero-order valence-corrected chi connectivity index (χ0v) is 10.0. The fourth-order valence-corrected chi connectivity index (χ4v) is 1.45. The number of carboxylic acid groups (broad SMARTS) is 1. The van der Waals surface area contributed by atoms with Crippen molar-refractivity contribution in [2.45, 2.75) is 38.5 Å². The monoisotopic (exact) mass is 237 g/mol. The highest BCUT2D eigenvalue weighted by Crippen LogP contribution is 2.08. The first kappa shape index (κ1) is 13.7. The molecule has 2 unspecified atom stereocenters. The number of hydrogen-bond acceptors (Lipinski definition) is 3. The van der Waals surface area contributed by atoms with E-state index in [4.69, 9.17) is 15.6 Å². The molecule has 0 spiro atoms. The van der Waals surface area contributed by atoms with E-state index in [1.165, 1.54) is 0 Å². The molecule has 0 bridgehead atoms. The van der Waals surface area contributed by atoms with Crippen molar-refractivity contribution in [3.05, 3.63) is 35.9 Å². The van der Waals surface area contributed by atoms with Crippen LogP contribution in [0.25, 0.3) is 0 Å². The van der Waals surface area contributed by atoms with Gasteiger partial charge in [0.2, 0.25) is 0 Å². The van der Waals surface area contributed by atoms with Crippen molar-refractivity contribution in [2.75, 3.05) is 0 Å². The van der Waals surface area contributed by atoms with Crippen LogP contribution in [0.5, 0.6) is 0 Å². The van der Waals surface area contributed by atoms with E-state index in [1.54, 1.807) is 0 Å². The van der Waals surface area contributed by atoms with Crippen LogP contribution in [0.15, 0.2) is 30.3 Å². The minimum atomic E-state index is -0.823. The summed E-state index contributed by atoms with van der Waals surface area (Å²) >= 11 is 0. The van der Waals surface area contributed by atoms with E-state index in [0.29, 0.717) is 13.0 Å². The van der Waals surface area contributed by atoms with E-state index in [2.05, 4.69) is 0 Å². The first-order chi connectivity index (χ1) is 8.09. The van der Waals surface area contributed by atoms with Crippen molar-refractivity contribution in [2.24, 2.45) is 5.73 Å². The van der Waals surface area contributed by atoms with Crippen LogP contribution < -0.4 is 5.73 Å². The molecular weight excluding hydrogens is 218 g/mol. The van der Waals surface area contributed by atoms with Gasteiger partial charge in [-0.1, -0.05) is 30.3 Å². The van der Waals surface area contributed by atoms with Crippen molar-refractivity contribution >= 4 is 5.97 Å². The summed E-state index contributed by atoms with van der Waals surface area (Å²) < 4.78 is 5.60. The summed E-state index contributed by atoms with van der Waals surface area (Å²) in [5.41, 5.74) is 6.93. The van der Waals surface area contributed by atoms with E-state index in [-0.39, 0.29) is 18.6 Å². The Bertz CT molecular complexity index is 340. The van der Waals surface area contributed by atoms with Gasteiger partial charge in [-0.15, -0.1) is 0 Å². The molecule has 0 aliphatic heterocycles. The lowest BCUT2D eigenvalue weighted by Crippen LogP contribution is -2.34. The molecule has 1 rings (SSSR count). The fourth-order valence-electron chi connectivity index (χ4n) is 1.45. The van der Waals surface area contributed by atoms with Gasteiger partial charge in [-0.2, -0.15) is 0 Å². The molecule has 0 aliphatic rings. The molecule has 0 saturated heterocycles. The van der Waals surface area contributed by atoms with E-state index < -0.39 is 5.97 Å². The molecule has 4 heteroatoms. The molecule has 0 aliphatic carbocycles. The molecule has 4 nitrogen and oxygen atoms in total. The summed E-state index contributed by atoms with van der Waals surface area (Å²) in [6, 6.07) is 9.58. The molecule has 0 heterocycles. The van der Waals surface area contributed by atoms with Crippen LogP contribution in [-0.2, 0) is 16.1 Å². The van der Waals surface area contributed by atoms with Crippen LogP contribution in [0, 0.1) is 0 Å². The van der Waals surface area contributed by atoms with Gasteiger partial charge in [-0.05, 0) is 18.9 Å². The van der Waals surface area contributed by atoms with Gasteiger partial charge in [-0.3, -0.25) is 4.79 Å². The summed E-state index contributed by atoms with van der Waals surface area (Å²) in [5, 5.41) is 8.56. The second-order valence-electron chi connectivity index (χ2n) is 4.10. The third kappa shape index (κ3) is 5.47. The Balaban J connectivity index is 2.29. The maximum atomic E-state index is 10.4. The molecule has 0 aromatic heterocycles. The fraction of sp³-hybridized carbons (Fsp3) is 0.462. The zero-order valence-electron chi connectivity index (χ0n) is 10.0. The Hall–Kier alpha value is -1.39. The van der Waals surface area contributed by atoms with E-state index in [0.717, 1.165) is 5.56 Å². The Morgan fingerprint density at radius 1 is 1.41 bits per heavy atom. The summed E-state index contributed by atoms with van der Waals surface area (Å²) in [4.78, 5) is 10.4. The highest BCUT2D eigenvalue weighted by Gasteiger charge is 2.14. The highest BCUT2D eigenvalue weighted by atomic mass is 16.5. The van der Waals surface area contributed by atoms with Crippen molar-refractivity contribution in [1.29, 1.82) is 0 Å². The number of carbonyl (C=O) groups is 1. The van der Waals surface area contributed by atoms with Crippen LogP contribution in [0.3, 0.4) is 0 Å². The summed E-state index contributed by atoms with van der Waals surface area (Å²) in [6.07, 6.45) is 0.375. The van der Waals surface area contributed by atoms with Crippen LogP contribution in [0.1, 0.15) is 25.3 Å². The minimum absolute atomic E-state index is 0.0835. The normalized spacial score (nSPS) is 14.2. The lowest BCUT2D eigenvalue weighted by Gasteiger charge is -2.19. The molecule has 0 saturated carbocycles. The minimum Gasteiger partial charge on any atom is -0.481 e. The molecule has 0 fully saturated rings. The summed E-state index contributed by atoms with van der Waals surface area (Å²) in [7, 11) is 0. The Labute approximate surface area is 101 Å². The second kappa shape index (κ2) is 7.04. The van der Waals surface area contributed by atoms with Crippen LogP contribution in [-0.4, -0.2) is 23.2 Å². The quantitative estimate of drug-likeness (QED) is 0.758. The second-order valence-corrected chi connectivity index (χ2v) is 4.10. The standard InChI is InChI=1S/C13H19NO3/c1-10(12(14)7-8-13(15)16)17-9-11-5-3-2-4-6-11/h2-6,10,12H,7-9,14H2,1H3,(H,15,16). The SMILES string of the molecule is CC(OCc1ccccc1)C(N)CCC(=O)O. The number of nitrogens with two attached hydrogens (primary N) is 1. The zero-order chi connectivity index (χ0) is 12.7. The Morgan fingerprint density at radius 2 is 2.06 bits per heavy atom. The maximum Gasteiger partial charge on any atom is 0.303 e. The van der Waals surface area contributed by atoms with Gasteiger partial charge < -0.3 is 15.6 Å². The van der Waals surface area contributed by atoms with Gasteiger partial charge in [-0.25, -0.2) is 0 Å². The predicted molar refractivity (Wildman–Crippen MR) is 65.5 cm³/mol. The van der Waals surface area contributed by atoms with Gasteiger partial charge in [0.25, 0.3) is 0 Å². The number of carboxylic acids is 1. The molecule has 1 aromatic rings. The average molecular weight is 237 g/mol. The van der Waals surface area contributed by atoms with Gasteiger partial charge in [0.1, 0.15) is 0 Å². The highest BCUT2D eigenvalue weighted by molar-refractivity contribution is 5.66. The molecule has 3 N–H and O–H groups in total. The van der Waals surface area contributed by atoms with Crippen molar-refractivity contribution < 1.29 is 14.6 Å². The Morgan fingerprint density at radius 3 is 2.65 bits per heavy atom. The first-order valence-electron chi connectivity index (χ1n) is 5.72. The first-order valence-corrected chi connectivity index (χ1v) is 5.72. The number of aliphatic carboxylic acids is 1. The number of hydrogen-bond donors (Lipinski definition) is 2. The van der Waals surface area contributed by atoms with E-state index in [1.807, 2.05) is 37.3 Å². The molecule has 2 atom stereocenters. The molecular formula is C13H19NO3. The molecule has 1 aromatic carbocycles. The lowest BCUT2D eigenvalue weighted by molar-refractivity contribution is -0.137. The number of rotatable bonds is 7. The third-order valence-electron chi connectivity index (χ3n) is 2.65. The molecule has 94 valence electrons. The predicted octanol–water partition coefficient (Wildman–Crippen LogP) is 1.78. The van der Waals surface area contributed by atoms with Gasteiger partial charge in [0.05, 0.1) is 12.7 Å². The van der Waals surface area contributed by atoms with Crippen LogP contribution >= 0.6 is 0 Å².